The van der Waals surface area contributed by atoms with Crippen LogP contribution in [0.15, 0.2) is 48.5 Å². The number of carbonyl (C=O) groups is 3. The van der Waals surface area contributed by atoms with Crippen LogP contribution in [0, 0.1) is 0 Å². The van der Waals surface area contributed by atoms with Gasteiger partial charge in [0.2, 0.25) is 0 Å². The van der Waals surface area contributed by atoms with Crippen molar-refractivity contribution in [1.29, 1.82) is 0 Å². The zero-order valence-electron chi connectivity index (χ0n) is 16.2. The molecule has 0 N–H and O–H groups in total. The first-order valence-corrected chi connectivity index (χ1v) is 9.69. The summed E-state index contributed by atoms with van der Waals surface area (Å²) in [6, 6.07) is 13.4. The van der Waals surface area contributed by atoms with Gasteiger partial charge in [-0.15, -0.1) is 11.3 Å². The van der Waals surface area contributed by atoms with Crippen LogP contribution >= 0.6 is 11.3 Å². The summed E-state index contributed by atoms with van der Waals surface area (Å²) in [7, 11) is 2.93. The van der Waals surface area contributed by atoms with Crippen LogP contribution in [-0.4, -0.2) is 48.5 Å². The molecular formula is C21H20N2O5S. The summed E-state index contributed by atoms with van der Waals surface area (Å²) in [5.74, 6) is -1.47. The first-order chi connectivity index (χ1) is 13.9. The Morgan fingerprint density at radius 3 is 2.28 bits per heavy atom. The number of methoxy groups -OCH3 is 1. The van der Waals surface area contributed by atoms with Crippen molar-refractivity contribution in [3.8, 4) is 0 Å². The normalized spacial score (nSPS) is 11.7. The summed E-state index contributed by atoms with van der Waals surface area (Å²) in [4.78, 5) is 42.1. The summed E-state index contributed by atoms with van der Waals surface area (Å²) in [5, 5.41) is 0.812. The average Bonchev–Trinajstić information content (AvgIpc) is 3.20. The van der Waals surface area contributed by atoms with Crippen LogP contribution < -0.4 is 0 Å². The zero-order valence-corrected chi connectivity index (χ0v) is 17.1. The maximum atomic E-state index is 12.5. The third kappa shape index (κ3) is 4.60. The molecule has 0 spiro atoms. The van der Waals surface area contributed by atoms with Crippen molar-refractivity contribution in [3.05, 3.63) is 64.7 Å². The Morgan fingerprint density at radius 2 is 1.66 bits per heavy atom. The molecule has 0 fully saturated rings. The number of ether oxygens (including phenoxy) is 2. The molecule has 2 aromatic carbocycles. The molecule has 0 aliphatic rings. The van der Waals surface area contributed by atoms with Crippen molar-refractivity contribution in [2.24, 2.45) is 0 Å². The standard InChI is InChI=1S/C21H20N2O5S/c1-13(19-22-16-6-4-5-7-17(16)29-19)23(2)18(24)12-28-21(26)15-10-8-14(9-11-15)20(25)27-3/h4-11,13H,12H2,1-3H3/t13-/m1/s1. The van der Waals surface area contributed by atoms with Crippen LogP contribution in [0.3, 0.4) is 0 Å². The Labute approximate surface area is 171 Å². The molecule has 29 heavy (non-hydrogen) atoms. The molecule has 1 atom stereocenters. The Balaban J connectivity index is 1.59. The molecular weight excluding hydrogens is 392 g/mol. The van der Waals surface area contributed by atoms with Crippen molar-refractivity contribution in [3.63, 3.8) is 0 Å². The maximum Gasteiger partial charge on any atom is 0.338 e. The number of esters is 2. The molecule has 3 rings (SSSR count). The molecule has 0 unspecified atom stereocenters. The predicted octanol–water partition coefficient (Wildman–Crippen LogP) is 3.46. The van der Waals surface area contributed by atoms with Crippen molar-refractivity contribution in [2.45, 2.75) is 13.0 Å². The SMILES string of the molecule is COC(=O)c1ccc(C(=O)OCC(=O)N(C)[C@H](C)c2nc3ccccc3s2)cc1. The second-order valence-electron chi connectivity index (χ2n) is 6.35. The highest BCUT2D eigenvalue weighted by Gasteiger charge is 2.22. The van der Waals surface area contributed by atoms with Gasteiger partial charge in [0.1, 0.15) is 5.01 Å². The smallest absolute Gasteiger partial charge is 0.338 e. The number of hydrogen-bond donors (Lipinski definition) is 0. The molecule has 3 aromatic rings. The van der Waals surface area contributed by atoms with Gasteiger partial charge in [-0.1, -0.05) is 12.1 Å². The van der Waals surface area contributed by atoms with Crippen LogP contribution in [0.1, 0.15) is 38.7 Å². The summed E-state index contributed by atoms with van der Waals surface area (Å²) in [5.41, 5.74) is 1.46. The lowest BCUT2D eigenvalue weighted by molar-refractivity contribution is -0.135. The third-order valence-electron chi connectivity index (χ3n) is 4.51. The van der Waals surface area contributed by atoms with E-state index in [1.807, 2.05) is 31.2 Å². The number of benzene rings is 2. The first kappa shape index (κ1) is 20.5. The Morgan fingerprint density at radius 1 is 1.03 bits per heavy atom. The Bertz CT molecular complexity index is 1010. The molecule has 0 saturated carbocycles. The molecule has 1 heterocycles. The lowest BCUT2D eigenvalue weighted by Crippen LogP contribution is -2.33. The van der Waals surface area contributed by atoms with E-state index in [-0.39, 0.29) is 24.1 Å². The number of thiazole rings is 1. The quantitative estimate of drug-likeness (QED) is 0.577. The molecule has 8 heteroatoms. The number of rotatable bonds is 6. The summed E-state index contributed by atoms with van der Waals surface area (Å²) in [6.45, 7) is 1.49. The molecule has 0 saturated heterocycles. The summed E-state index contributed by atoms with van der Waals surface area (Å²) < 4.78 is 10.8. The molecule has 150 valence electrons. The Kier molecular flexibility index (Phi) is 6.23. The van der Waals surface area contributed by atoms with E-state index in [2.05, 4.69) is 9.72 Å². The topological polar surface area (TPSA) is 85.8 Å². The second kappa shape index (κ2) is 8.83. The molecule has 1 aromatic heterocycles. The summed E-state index contributed by atoms with van der Waals surface area (Å²) in [6.07, 6.45) is 0. The first-order valence-electron chi connectivity index (χ1n) is 8.87. The van der Waals surface area contributed by atoms with Crippen molar-refractivity contribution in [1.82, 2.24) is 9.88 Å². The number of aromatic nitrogens is 1. The van der Waals surface area contributed by atoms with Gasteiger partial charge in [0.05, 0.1) is 34.5 Å². The summed E-state index contributed by atoms with van der Waals surface area (Å²) >= 11 is 1.53. The van der Waals surface area contributed by atoms with E-state index in [0.717, 1.165) is 15.2 Å². The molecule has 7 nitrogen and oxygen atoms in total. The van der Waals surface area contributed by atoms with Gasteiger partial charge in [0, 0.05) is 7.05 Å². The van der Waals surface area contributed by atoms with E-state index in [9.17, 15) is 14.4 Å². The lowest BCUT2D eigenvalue weighted by atomic mass is 10.1. The molecule has 1 amide bonds. The van der Waals surface area contributed by atoms with Gasteiger partial charge in [-0.2, -0.15) is 0 Å². The number of amides is 1. The number of para-hydroxylation sites is 1. The number of likely N-dealkylation sites (N-methyl/N-ethyl adjacent to an activating group) is 1. The number of hydrogen-bond acceptors (Lipinski definition) is 7. The molecule has 0 aliphatic heterocycles. The van der Waals surface area contributed by atoms with E-state index < -0.39 is 11.9 Å². The fraction of sp³-hybridized carbons (Fsp3) is 0.238. The van der Waals surface area contributed by atoms with Gasteiger partial charge < -0.3 is 14.4 Å². The van der Waals surface area contributed by atoms with Gasteiger partial charge in [-0.3, -0.25) is 4.79 Å². The van der Waals surface area contributed by atoms with E-state index in [4.69, 9.17) is 4.74 Å². The highest BCUT2D eigenvalue weighted by Crippen LogP contribution is 2.28. The number of carbonyl (C=O) groups excluding carboxylic acids is 3. The molecule has 0 bridgehead atoms. The van der Waals surface area contributed by atoms with E-state index in [0.29, 0.717) is 5.56 Å². The Hall–Kier alpha value is -3.26. The van der Waals surface area contributed by atoms with Gasteiger partial charge in [0.15, 0.2) is 6.61 Å². The van der Waals surface area contributed by atoms with E-state index in [1.165, 1.54) is 47.6 Å². The lowest BCUT2D eigenvalue weighted by Gasteiger charge is -2.23. The van der Waals surface area contributed by atoms with Crippen molar-refractivity contribution in [2.75, 3.05) is 20.8 Å². The van der Waals surface area contributed by atoms with Gasteiger partial charge in [-0.25, -0.2) is 14.6 Å². The monoisotopic (exact) mass is 412 g/mol. The minimum atomic E-state index is -0.643. The van der Waals surface area contributed by atoms with Gasteiger partial charge >= 0.3 is 11.9 Å². The van der Waals surface area contributed by atoms with Crippen LogP contribution in [0.25, 0.3) is 10.2 Å². The minimum Gasteiger partial charge on any atom is -0.465 e. The highest BCUT2D eigenvalue weighted by molar-refractivity contribution is 7.18. The average molecular weight is 412 g/mol. The van der Waals surface area contributed by atoms with Crippen LogP contribution in [-0.2, 0) is 14.3 Å². The van der Waals surface area contributed by atoms with Crippen molar-refractivity contribution >= 4 is 39.4 Å². The van der Waals surface area contributed by atoms with Crippen LogP contribution in [0.2, 0.25) is 0 Å². The third-order valence-corrected chi connectivity index (χ3v) is 5.72. The van der Waals surface area contributed by atoms with E-state index >= 15 is 0 Å². The minimum absolute atomic E-state index is 0.243. The second-order valence-corrected chi connectivity index (χ2v) is 7.41. The maximum absolute atomic E-state index is 12.5. The number of fused-ring (bicyclic) bond motifs is 1. The number of nitrogens with zero attached hydrogens (tertiary/aromatic N) is 2. The van der Waals surface area contributed by atoms with Crippen LogP contribution in [0.4, 0.5) is 0 Å². The highest BCUT2D eigenvalue weighted by atomic mass is 32.1. The van der Waals surface area contributed by atoms with Gasteiger partial charge in [0.25, 0.3) is 5.91 Å². The fourth-order valence-corrected chi connectivity index (χ4v) is 3.69. The predicted molar refractivity (Wildman–Crippen MR) is 109 cm³/mol. The largest absolute Gasteiger partial charge is 0.465 e. The van der Waals surface area contributed by atoms with Gasteiger partial charge in [-0.05, 0) is 43.3 Å². The molecule has 0 radical (unpaired) electrons. The van der Waals surface area contributed by atoms with Crippen LogP contribution in [0.5, 0.6) is 0 Å². The van der Waals surface area contributed by atoms with Crippen molar-refractivity contribution < 1.29 is 23.9 Å². The van der Waals surface area contributed by atoms with E-state index in [1.54, 1.807) is 7.05 Å². The fourth-order valence-electron chi connectivity index (χ4n) is 2.62. The molecule has 0 aliphatic carbocycles. The zero-order chi connectivity index (χ0) is 21.0.